The summed E-state index contributed by atoms with van der Waals surface area (Å²) in [5.74, 6) is -0.164. The van der Waals surface area contributed by atoms with Crippen molar-refractivity contribution in [2.24, 2.45) is 4.36 Å². The van der Waals surface area contributed by atoms with Crippen LogP contribution in [0.4, 0.5) is 18.9 Å². The number of carbonyl (C=O) groups is 1. The summed E-state index contributed by atoms with van der Waals surface area (Å²) in [5, 5.41) is 2.74. The van der Waals surface area contributed by atoms with Crippen LogP contribution in [-0.2, 0) is 15.9 Å². The molecule has 11 heteroatoms. The summed E-state index contributed by atoms with van der Waals surface area (Å²) in [7, 11) is -2.34. The van der Waals surface area contributed by atoms with Gasteiger partial charge in [0.2, 0.25) is 0 Å². The van der Waals surface area contributed by atoms with Crippen LogP contribution in [0.25, 0.3) is 11.4 Å². The largest absolute Gasteiger partial charge is 0.416 e. The molecule has 7 nitrogen and oxygen atoms in total. The van der Waals surface area contributed by atoms with E-state index in [4.69, 9.17) is 0 Å². The number of benzene rings is 1. The normalized spacial score (nSPS) is 16.2. The first kappa shape index (κ1) is 25.7. The van der Waals surface area contributed by atoms with E-state index in [9.17, 15) is 22.2 Å². The van der Waals surface area contributed by atoms with Crippen LogP contribution in [0.1, 0.15) is 65.8 Å². The van der Waals surface area contributed by atoms with Crippen molar-refractivity contribution in [3.05, 3.63) is 71.3 Å². The zero-order valence-corrected chi connectivity index (χ0v) is 20.9. The molecule has 1 fully saturated rings. The van der Waals surface area contributed by atoms with E-state index in [1.54, 1.807) is 32.2 Å². The standard InChI is InChI=1S/C25H26F3N5O2S/c1-4-36(3,35)33-20-7-8-21(31-14-20)23-22(29-9-10-30-23)15(2)32-24(34)18-11-17(16-5-6-16)12-19(13-18)25(26,27)28/h7-16H,4-6H2,1-3H3,(H,32,34)/t15-,36?/m0/s1. The van der Waals surface area contributed by atoms with Crippen LogP contribution in [0.3, 0.4) is 0 Å². The SMILES string of the molecule is CCS(C)(=O)=Nc1ccc(-c2nccnc2[C@H](C)NC(=O)c2cc(C3CC3)cc(C(F)(F)F)c2)nc1. The van der Waals surface area contributed by atoms with Crippen molar-refractivity contribution in [2.45, 2.75) is 44.8 Å². The van der Waals surface area contributed by atoms with E-state index in [1.165, 1.54) is 24.7 Å². The average molecular weight is 518 g/mol. The molecule has 1 aliphatic rings. The van der Waals surface area contributed by atoms with Gasteiger partial charge in [0.1, 0.15) is 5.69 Å². The third kappa shape index (κ3) is 6.07. The molecule has 190 valence electrons. The van der Waals surface area contributed by atoms with Gasteiger partial charge in [-0.15, -0.1) is 0 Å². The molecular formula is C25H26F3N5O2S. The molecule has 1 unspecified atom stereocenters. The lowest BCUT2D eigenvalue weighted by molar-refractivity contribution is -0.137. The Kier molecular flexibility index (Phi) is 7.12. The molecule has 3 aromatic rings. The van der Waals surface area contributed by atoms with Crippen LogP contribution < -0.4 is 5.32 Å². The second-order valence-electron chi connectivity index (χ2n) is 8.84. The van der Waals surface area contributed by atoms with E-state index in [0.717, 1.165) is 25.0 Å². The number of carbonyl (C=O) groups excluding carboxylic acids is 1. The van der Waals surface area contributed by atoms with E-state index in [2.05, 4.69) is 24.6 Å². The number of rotatable bonds is 7. The number of hydrogen-bond donors (Lipinski definition) is 1. The van der Waals surface area contributed by atoms with Gasteiger partial charge in [-0.2, -0.15) is 17.5 Å². The lowest BCUT2D eigenvalue weighted by atomic mass is 10.0. The average Bonchev–Trinajstić information content (AvgIpc) is 3.69. The number of halogens is 3. The van der Waals surface area contributed by atoms with E-state index >= 15 is 0 Å². The molecule has 2 heterocycles. The monoisotopic (exact) mass is 517 g/mol. The Morgan fingerprint density at radius 1 is 1.17 bits per heavy atom. The molecule has 0 radical (unpaired) electrons. The van der Waals surface area contributed by atoms with Crippen LogP contribution in [0.2, 0.25) is 0 Å². The molecule has 2 atom stereocenters. The summed E-state index contributed by atoms with van der Waals surface area (Å²) in [6, 6.07) is 6.19. The molecule has 1 aromatic carbocycles. The summed E-state index contributed by atoms with van der Waals surface area (Å²) in [6.45, 7) is 3.47. The second-order valence-corrected chi connectivity index (χ2v) is 11.5. The zero-order chi connectivity index (χ0) is 26.1. The highest BCUT2D eigenvalue weighted by Crippen LogP contribution is 2.42. The summed E-state index contributed by atoms with van der Waals surface area (Å²) < 4.78 is 56.7. The van der Waals surface area contributed by atoms with E-state index < -0.39 is 33.4 Å². The quantitative estimate of drug-likeness (QED) is 0.435. The van der Waals surface area contributed by atoms with Crippen molar-refractivity contribution < 1.29 is 22.2 Å². The van der Waals surface area contributed by atoms with Gasteiger partial charge < -0.3 is 5.32 Å². The van der Waals surface area contributed by atoms with Crippen LogP contribution in [-0.4, -0.2) is 37.1 Å². The van der Waals surface area contributed by atoms with Crippen molar-refractivity contribution in [2.75, 3.05) is 12.0 Å². The van der Waals surface area contributed by atoms with Gasteiger partial charge in [0.05, 0.1) is 34.9 Å². The first-order chi connectivity index (χ1) is 17.0. The van der Waals surface area contributed by atoms with Gasteiger partial charge in [0, 0.05) is 39.7 Å². The first-order valence-corrected chi connectivity index (χ1v) is 13.6. The summed E-state index contributed by atoms with van der Waals surface area (Å²) in [5.41, 5.74) is 1.39. The third-order valence-electron chi connectivity index (χ3n) is 5.90. The second kappa shape index (κ2) is 9.96. The van der Waals surface area contributed by atoms with Crippen molar-refractivity contribution in [3.8, 4) is 11.4 Å². The molecule has 0 spiro atoms. The van der Waals surface area contributed by atoms with Gasteiger partial charge >= 0.3 is 6.18 Å². The molecule has 0 bridgehead atoms. The smallest absolute Gasteiger partial charge is 0.344 e. The number of aromatic nitrogens is 3. The Morgan fingerprint density at radius 2 is 1.89 bits per heavy atom. The highest BCUT2D eigenvalue weighted by atomic mass is 32.2. The van der Waals surface area contributed by atoms with E-state index in [0.29, 0.717) is 34.1 Å². The van der Waals surface area contributed by atoms with Gasteiger partial charge in [-0.05, 0) is 61.6 Å². The van der Waals surface area contributed by atoms with Gasteiger partial charge in [0.15, 0.2) is 0 Å². The molecule has 1 N–H and O–H groups in total. The van der Waals surface area contributed by atoms with Crippen LogP contribution >= 0.6 is 0 Å². The Labute approximate surface area is 207 Å². The lowest BCUT2D eigenvalue weighted by Crippen LogP contribution is -2.28. The Morgan fingerprint density at radius 3 is 2.50 bits per heavy atom. The maximum absolute atomic E-state index is 13.4. The van der Waals surface area contributed by atoms with E-state index in [1.807, 2.05) is 0 Å². The highest BCUT2D eigenvalue weighted by Gasteiger charge is 2.34. The molecule has 1 aliphatic carbocycles. The number of nitrogens with one attached hydrogen (secondary N) is 1. The predicted octanol–water partition coefficient (Wildman–Crippen LogP) is 5.68. The first-order valence-electron chi connectivity index (χ1n) is 11.5. The zero-order valence-electron chi connectivity index (χ0n) is 20.0. The van der Waals surface area contributed by atoms with Gasteiger partial charge in [-0.3, -0.25) is 19.7 Å². The minimum atomic E-state index is -4.55. The number of pyridine rings is 1. The molecule has 4 rings (SSSR count). The van der Waals surface area contributed by atoms with Crippen LogP contribution in [0.5, 0.6) is 0 Å². The lowest BCUT2D eigenvalue weighted by Gasteiger charge is -2.17. The maximum Gasteiger partial charge on any atom is 0.416 e. The Balaban J connectivity index is 1.59. The minimum Gasteiger partial charge on any atom is -0.344 e. The van der Waals surface area contributed by atoms with Crippen LogP contribution in [0, 0.1) is 0 Å². The summed E-state index contributed by atoms with van der Waals surface area (Å²) in [6.07, 6.45) is 3.09. The fourth-order valence-corrected chi connectivity index (χ4v) is 4.36. The minimum absolute atomic E-state index is 0.0489. The molecule has 0 saturated heterocycles. The van der Waals surface area contributed by atoms with Gasteiger partial charge in [-0.25, -0.2) is 4.21 Å². The Bertz CT molecular complexity index is 1400. The molecule has 1 saturated carbocycles. The van der Waals surface area contributed by atoms with Gasteiger partial charge in [0.25, 0.3) is 5.91 Å². The molecule has 1 amide bonds. The van der Waals surface area contributed by atoms with Crippen molar-refractivity contribution >= 4 is 21.3 Å². The molecular weight excluding hydrogens is 491 g/mol. The molecule has 0 aliphatic heterocycles. The van der Waals surface area contributed by atoms with Gasteiger partial charge in [-0.1, -0.05) is 6.92 Å². The van der Waals surface area contributed by atoms with Crippen molar-refractivity contribution in [3.63, 3.8) is 0 Å². The predicted molar refractivity (Wildman–Crippen MR) is 131 cm³/mol. The Hall–Kier alpha value is -3.34. The summed E-state index contributed by atoms with van der Waals surface area (Å²) in [4.78, 5) is 26.0. The fourth-order valence-electron chi connectivity index (χ4n) is 3.68. The number of nitrogens with zero attached hydrogens (tertiary/aromatic N) is 4. The number of alkyl halides is 3. The highest BCUT2D eigenvalue weighted by molar-refractivity contribution is 7.93. The molecule has 2 aromatic heterocycles. The number of hydrogen-bond acceptors (Lipinski definition) is 6. The maximum atomic E-state index is 13.4. The van der Waals surface area contributed by atoms with Crippen molar-refractivity contribution in [1.82, 2.24) is 20.3 Å². The summed E-state index contributed by atoms with van der Waals surface area (Å²) >= 11 is 0. The van der Waals surface area contributed by atoms with Crippen molar-refractivity contribution in [1.29, 1.82) is 0 Å². The molecule has 36 heavy (non-hydrogen) atoms. The fraction of sp³-hybridized carbons (Fsp3) is 0.360. The van der Waals surface area contributed by atoms with Crippen LogP contribution in [0.15, 0.2) is 53.3 Å². The number of amides is 1. The third-order valence-corrected chi connectivity index (χ3v) is 7.57. The van der Waals surface area contributed by atoms with E-state index in [-0.39, 0.29) is 11.5 Å². The topological polar surface area (TPSA) is 97.2 Å².